The van der Waals surface area contributed by atoms with Crippen LogP contribution < -0.4 is 10.1 Å². The summed E-state index contributed by atoms with van der Waals surface area (Å²) < 4.78 is 19.8. The molecule has 1 saturated heterocycles. The van der Waals surface area contributed by atoms with Crippen LogP contribution in [0.2, 0.25) is 5.02 Å². The number of ether oxygens (including phenoxy) is 1. The Bertz CT molecular complexity index is 659. The summed E-state index contributed by atoms with van der Waals surface area (Å²) in [6.07, 6.45) is 3.66. The quantitative estimate of drug-likeness (QED) is 0.927. The van der Waals surface area contributed by atoms with E-state index in [1.54, 1.807) is 12.3 Å². The summed E-state index contributed by atoms with van der Waals surface area (Å²) in [5.41, 5.74) is 1.73. The van der Waals surface area contributed by atoms with Gasteiger partial charge in [0.2, 0.25) is 0 Å². The van der Waals surface area contributed by atoms with E-state index >= 15 is 0 Å². The second-order valence-corrected chi connectivity index (χ2v) is 6.07. The first-order chi connectivity index (χ1) is 10.6. The van der Waals surface area contributed by atoms with E-state index in [0.717, 1.165) is 36.4 Å². The zero-order chi connectivity index (χ0) is 15.5. The van der Waals surface area contributed by atoms with Crippen molar-refractivity contribution in [3.05, 3.63) is 58.6 Å². The molecule has 2 atom stereocenters. The Morgan fingerprint density at radius 2 is 2.23 bits per heavy atom. The number of rotatable bonds is 4. The van der Waals surface area contributed by atoms with Gasteiger partial charge in [0.15, 0.2) is 0 Å². The number of aromatic nitrogens is 1. The molecule has 2 heterocycles. The smallest absolute Gasteiger partial charge is 0.141 e. The first-order valence-electron chi connectivity index (χ1n) is 7.37. The minimum absolute atomic E-state index is 0.224. The third kappa shape index (κ3) is 3.39. The van der Waals surface area contributed by atoms with Crippen LogP contribution in [0, 0.1) is 18.7 Å². The van der Waals surface area contributed by atoms with Crippen LogP contribution in [0.15, 0.2) is 36.7 Å². The highest BCUT2D eigenvalue weighted by atomic mass is 35.5. The lowest BCUT2D eigenvalue weighted by molar-refractivity contribution is 0.142. The van der Waals surface area contributed by atoms with Crippen LogP contribution in [-0.4, -0.2) is 18.1 Å². The van der Waals surface area contributed by atoms with Gasteiger partial charge in [-0.2, -0.15) is 0 Å². The van der Waals surface area contributed by atoms with E-state index in [4.69, 9.17) is 16.3 Å². The molecule has 5 heteroatoms. The largest absolute Gasteiger partial charge is 0.485 e. The van der Waals surface area contributed by atoms with Crippen molar-refractivity contribution in [2.45, 2.75) is 19.4 Å². The van der Waals surface area contributed by atoms with Gasteiger partial charge < -0.3 is 10.1 Å². The van der Waals surface area contributed by atoms with E-state index in [-0.39, 0.29) is 11.9 Å². The predicted molar refractivity (Wildman–Crippen MR) is 84.7 cm³/mol. The van der Waals surface area contributed by atoms with Gasteiger partial charge in [0.25, 0.3) is 0 Å². The number of pyridine rings is 1. The lowest BCUT2D eigenvalue weighted by Crippen LogP contribution is -2.22. The maximum atomic E-state index is 13.5. The van der Waals surface area contributed by atoms with Crippen molar-refractivity contribution in [3.8, 4) is 5.75 Å². The number of halogens is 2. The Hall–Kier alpha value is -1.65. The molecule has 0 amide bonds. The third-order valence-corrected chi connectivity index (χ3v) is 4.21. The Morgan fingerprint density at radius 3 is 2.91 bits per heavy atom. The minimum Gasteiger partial charge on any atom is -0.485 e. The Labute approximate surface area is 134 Å². The molecule has 22 heavy (non-hydrogen) atoms. The Balaban J connectivity index is 1.91. The number of hydrogen-bond donors (Lipinski definition) is 1. The molecule has 0 aliphatic carbocycles. The van der Waals surface area contributed by atoms with Crippen molar-refractivity contribution in [1.29, 1.82) is 0 Å². The molecule has 0 radical (unpaired) electrons. The second-order valence-electron chi connectivity index (χ2n) is 5.64. The van der Waals surface area contributed by atoms with Crippen molar-refractivity contribution in [3.63, 3.8) is 0 Å². The zero-order valence-corrected chi connectivity index (χ0v) is 13.1. The molecular formula is C17H18ClFN2O. The molecule has 1 N–H and O–H groups in total. The summed E-state index contributed by atoms with van der Waals surface area (Å²) in [6.45, 7) is 3.76. The molecule has 0 spiro atoms. The van der Waals surface area contributed by atoms with Gasteiger partial charge in [0, 0.05) is 29.2 Å². The fourth-order valence-corrected chi connectivity index (χ4v) is 3.06. The van der Waals surface area contributed by atoms with Gasteiger partial charge in [-0.25, -0.2) is 4.39 Å². The maximum Gasteiger partial charge on any atom is 0.141 e. The molecular weight excluding hydrogens is 303 g/mol. The zero-order valence-electron chi connectivity index (χ0n) is 12.4. The van der Waals surface area contributed by atoms with Crippen LogP contribution in [0.3, 0.4) is 0 Å². The molecule has 1 aromatic heterocycles. The Kier molecular flexibility index (Phi) is 4.60. The summed E-state index contributed by atoms with van der Waals surface area (Å²) in [5.74, 6) is 0.717. The molecule has 1 aliphatic rings. The molecule has 2 aromatic rings. The second kappa shape index (κ2) is 6.63. The van der Waals surface area contributed by atoms with Gasteiger partial charge in [0.1, 0.15) is 17.7 Å². The van der Waals surface area contributed by atoms with E-state index < -0.39 is 0 Å². The number of aryl methyl sites for hydroxylation is 1. The lowest BCUT2D eigenvalue weighted by Gasteiger charge is -2.25. The molecule has 3 nitrogen and oxygen atoms in total. The average Bonchev–Trinajstić information content (AvgIpc) is 3.00. The van der Waals surface area contributed by atoms with Gasteiger partial charge in [-0.1, -0.05) is 11.6 Å². The normalized spacial score (nSPS) is 19.1. The third-order valence-electron chi connectivity index (χ3n) is 3.97. The van der Waals surface area contributed by atoms with Crippen LogP contribution in [0.5, 0.6) is 5.75 Å². The van der Waals surface area contributed by atoms with Crippen LogP contribution >= 0.6 is 11.6 Å². The van der Waals surface area contributed by atoms with Gasteiger partial charge >= 0.3 is 0 Å². The van der Waals surface area contributed by atoms with Crippen molar-refractivity contribution in [2.75, 3.05) is 13.1 Å². The van der Waals surface area contributed by atoms with E-state index in [1.807, 2.05) is 19.1 Å². The molecule has 0 bridgehead atoms. The Morgan fingerprint density at radius 1 is 1.36 bits per heavy atom. The first kappa shape index (κ1) is 15.3. The van der Waals surface area contributed by atoms with Crippen LogP contribution in [0.4, 0.5) is 4.39 Å². The summed E-state index contributed by atoms with van der Waals surface area (Å²) in [7, 11) is 0. The van der Waals surface area contributed by atoms with Gasteiger partial charge in [-0.3, -0.25) is 4.98 Å². The number of hydrogen-bond acceptors (Lipinski definition) is 3. The fourth-order valence-electron chi connectivity index (χ4n) is 2.84. The molecule has 0 saturated carbocycles. The van der Waals surface area contributed by atoms with Gasteiger partial charge in [-0.05, 0) is 49.7 Å². The van der Waals surface area contributed by atoms with Crippen LogP contribution in [-0.2, 0) is 0 Å². The van der Waals surface area contributed by atoms with Crippen molar-refractivity contribution >= 4 is 11.6 Å². The van der Waals surface area contributed by atoms with E-state index in [0.29, 0.717) is 10.9 Å². The summed E-state index contributed by atoms with van der Waals surface area (Å²) in [4.78, 5) is 3.96. The average molecular weight is 321 g/mol. The molecule has 116 valence electrons. The molecule has 0 unspecified atom stereocenters. The molecule has 1 aliphatic heterocycles. The highest BCUT2D eigenvalue weighted by Crippen LogP contribution is 2.34. The summed E-state index contributed by atoms with van der Waals surface area (Å²) in [5, 5.41) is 4.01. The van der Waals surface area contributed by atoms with E-state index in [1.165, 1.54) is 12.3 Å². The van der Waals surface area contributed by atoms with Crippen molar-refractivity contribution < 1.29 is 9.13 Å². The van der Waals surface area contributed by atoms with Gasteiger partial charge in [-0.15, -0.1) is 0 Å². The standard InChI is InChI=1S/C17H18ClFN2O/c1-11-6-14(18)2-3-16(11)22-17(12-4-5-20-8-12)13-7-15(19)10-21-9-13/h2-3,6-7,9-10,12,17,20H,4-5,8H2,1H3/t12-,17+/m1/s1. The van der Waals surface area contributed by atoms with Crippen LogP contribution in [0.1, 0.15) is 23.7 Å². The van der Waals surface area contributed by atoms with E-state index in [2.05, 4.69) is 10.3 Å². The highest BCUT2D eigenvalue weighted by Gasteiger charge is 2.29. The highest BCUT2D eigenvalue weighted by molar-refractivity contribution is 6.30. The molecule has 3 rings (SSSR count). The predicted octanol–water partition coefficient (Wildman–Crippen LogP) is 3.91. The van der Waals surface area contributed by atoms with Crippen LogP contribution in [0.25, 0.3) is 0 Å². The summed E-state index contributed by atoms with van der Waals surface area (Å²) >= 11 is 5.99. The van der Waals surface area contributed by atoms with Gasteiger partial charge in [0.05, 0.1) is 6.20 Å². The van der Waals surface area contributed by atoms with E-state index in [9.17, 15) is 4.39 Å². The number of nitrogens with zero attached hydrogens (tertiary/aromatic N) is 1. The van der Waals surface area contributed by atoms with Crippen molar-refractivity contribution in [1.82, 2.24) is 10.3 Å². The topological polar surface area (TPSA) is 34.1 Å². The monoisotopic (exact) mass is 320 g/mol. The summed E-state index contributed by atoms with van der Waals surface area (Å²) in [6, 6.07) is 7.03. The minimum atomic E-state index is -0.343. The SMILES string of the molecule is Cc1cc(Cl)ccc1O[C@H](c1cncc(F)c1)[C@@H]1CCNC1. The number of nitrogens with one attached hydrogen (secondary N) is 1. The maximum absolute atomic E-state index is 13.5. The molecule has 1 aromatic carbocycles. The number of benzene rings is 1. The fraction of sp³-hybridized carbons (Fsp3) is 0.353. The first-order valence-corrected chi connectivity index (χ1v) is 7.75. The van der Waals surface area contributed by atoms with Crippen molar-refractivity contribution in [2.24, 2.45) is 5.92 Å². The molecule has 1 fully saturated rings. The lowest BCUT2D eigenvalue weighted by atomic mass is 9.95.